The highest BCUT2D eigenvalue weighted by atomic mass is 15.1. The van der Waals surface area contributed by atoms with E-state index in [1.807, 2.05) is 12.4 Å². The van der Waals surface area contributed by atoms with Crippen molar-refractivity contribution in [2.24, 2.45) is 0 Å². The third kappa shape index (κ3) is 3.72. The maximum Gasteiger partial charge on any atom is 0.0573 e. The molecule has 0 spiro atoms. The van der Waals surface area contributed by atoms with Gasteiger partial charge in [0.1, 0.15) is 0 Å². The minimum atomic E-state index is 1.00. The van der Waals surface area contributed by atoms with Gasteiger partial charge in [-0.25, -0.2) is 0 Å². The summed E-state index contributed by atoms with van der Waals surface area (Å²) in [6, 6.07) is 2.18. The molecule has 0 unspecified atom stereocenters. The zero-order valence-electron chi connectivity index (χ0n) is 10.7. The lowest BCUT2D eigenvalue weighted by atomic mass is 10.3. The molecule has 3 nitrogen and oxygen atoms in total. The smallest absolute Gasteiger partial charge is 0.0573 e. The molecule has 0 fully saturated rings. The lowest BCUT2D eigenvalue weighted by Gasteiger charge is -2.22. The highest BCUT2D eigenvalue weighted by molar-refractivity contribution is 5.55. The van der Waals surface area contributed by atoms with Gasteiger partial charge in [-0.05, 0) is 25.8 Å². The molecular weight excluding hydrogens is 198 g/mol. The van der Waals surface area contributed by atoms with Gasteiger partial charge in [0.15, 0.2) is 0 Å². The molecule has 0 aromatic carbocycles. The summed E-state index contributed by atoms with van der Waals surface area (Å²) in [6.07, 6.45) is 6.13. The Morgan fingerprint density at radius 1 is 1.19 bits per heavy atom. The van der Waals surface area contributed by atoms with E-state index in [2.05, 4.69) is 42.0 Å². The number of hydrogen-bond donors (Lipinski definition) is 1. The summed E-state index contributed by atoms with van der Waals surface area (Å²) in [7, 11) is 0. The monoisotopic (exact) mass is 221 g/mol. The highest BCUT2D eigenvalue weighted by Crippen LogP contribution is 2.17. The van der Waals surface area contributed by atoms with E-state index in [9.17, 15) is 0 Å². The van der Waals surface area contributed by atoms with Crippen molar-refractivity contribution >= 4 is 11.4 Å². The maximum absolute atomic E-state index is 4.28. The molecule has 0 atom stereocenters. The first-order valence-electron chi connectivity index (χ1n) is 6.25. The van der Waals surface area contributed by atoms with Crippen molar-refractivity contribution in [2.45, 2.75) is 33.6 Å². The molecule has 3 heteroatoms. The van der Waals surface area contributed by atoms with Crippen LogP contribution < -0.4 is 10.2 Å². The van der Waals surface area contributed by atoms with Crippen LogP contribution in [-0.2, 0) is 0 Å². The average molecular weight is 221 g/mol. The number of nitrogens with zero attached hydrogens (tertiary/aromatic N) is 2. The molecule has 1 rings (SSSR count). The van der Waals surface area contributed by atoms with Crippen molar-refractivity contribution in [2.75, 3.05) is 29.9 Å². The molecule has 0 radical (unpaired) electrons. The lowest BCUT2D eigenvalue weighted by Crippen LogP contribution is -2.23. The van der Waals surface area contributed by atoms with Gasteiger partial charge in [0.2, 0.25) is 0 Å². The Labute approximate surface area is 98.9 Å². The second-order valence-electron chi connectivity index (χ2n) is 3.94. The van der Waals surface area contributed by atoms with Crippen LogP contribution in [0.25, 0.3) is 0 Å². The maximum atomic E-state index is 4.28. The Bertz CT molecular complexity index is 299. The Kier molecular flexibility index (Phi) is 5.68. The van der Waals surface area contributed by atoms with Crippen LogP contribution in [0.2, 0.25) is 0 Å². The molecule has 1 aromatic rings. The van der Waals surface area contributed by atoms with Crippen LogP contribution in [0, 0.1) is 0 Å². The average Bonchev–Trinajstić information content (AvgIpc) is 2.33. The summed E-state index contributed by atoms with van der Waals surface area (Å²) in [4.78, 5) is 6.64. The van der Waals surface area contributed by atoms with E-state index >= 15 is 0 Å². The molecule has 0 amide bonds. The van der Waals surface area contributed by atoms with E-state index < -0.39 is 0 Å². The Hall–Kier alpha value is -1.25. The van der Waals surface area contributed by atoms with Crippen LogP contribution in [0.5, 0.6) is 0 Å². The van der Waals surface area contributed by atoms with Crippen molar-refractivity contribution in [3.63, 3.8) is 0 Å². The fourth-order valence-electron chi connectivity index (χ4n) is 1.71. The molecule has 0 saturated heterocycles. The van der Waals surface area contributed by atoms with Crippen molar-refractivity contribution in [3.05, 3.63) is 18.5 Å². The molecule has 0 saturated carbocycles. The molecule has 1 aromatic heterocycles. The highest BCUT2D eigenvalue weighted by Gasteiger charge is 2.03. The first-order valence-corrected chi connectivity index (χ1v) is 6.25. The van der Waals surface area contributed by atoms with Crippen LogP contribution in [0.15, 0.2) is 18.5 Å². The van der Waals surface area contributed by atoms with Gasteiger partial charge in [-0.15, -0.1) is 0 Å². The van der Waals surface area contributed by atoms with E-state index in [4.69, 9.17) is 0 Å². The van der Waals surface area contributed by atoms with Crippen molar-refractivity contribution in [3.8, 4) is 0 Å². The molecule has 90 valence electrons. The minimum absolute atomic E-state index is 1.00. The number of rotatable bonds is 7. The van der Waals surface area contributed by atoms with Crippen molar-refractivity contribution in [1.29, 1.82) is 0 Å². The third-order valence-corrected chi connectivity index (χ3v) is 2.54. The molecule has 1 heterocycles. The summed E-state index contributed by atoms with van der Waals surface area (Å²) in [5.41, 5.74) is 2.33. The first kappa shape index (κ1) is 12.8. The number of hydrogen-bond acceptors (Lipinski definition) is 3. The lowest BCUT2D eigenvalue weighted by molar-refractivity contribution is 0.789. The Morgan fingerprint density at radius 2 is 2.00 bits per heavy atom. The second kappa shape index (κ2) is 7.09. The molecular formula is C13H23N3. The summed E-state index contributed by atoms with van der Waals surface area (Å²) in [5, 5.41) is 3.37. The first-order chi connectivity index (χ1) is 7.81. The SMILES string of the molecule is CCCNc1cncc(N(CC)CCC)c1. The summed E-state index contributed by atoms with van der Waals surface area (Å²) in [6.45, 7) is 9.68. The standard InChI is InChI=1S/C13H23N3/c1-4-7-15-12-9-13(11-14-10-12)16(6-3)8-5-2/h9-11,15H,4-8H2,1-3H3. The van der Waals surface area contributed by atoms with Gasteiger partial charge >= 0.3 is 0 Å². The summed E-state index contributed by atoms with van der Waals surface area (Å²) in [5.74, 6) is 0. The van der Waals surface area contributed by atoms with Gasteiger partial charge in [0, 0.05) is 19.6 Å². The van der Waals surface area contributed by atoms with Gasteiger partial charge in [-0.1, -0.05) is 13.8 Å². The van der Waals surface area contributed by atoms with Gasteiger partial charge < -0.3 is 10.2 Å². The largest absolute Gasteiger partial charge is 0.384 e. The van der Waals surface area contributed by atoms with Crippen LogP contribution in [-0.4, -0.2) is 24.6 Å². The number of pyridine rings is 1. The summed E-state index contributed by atoms with van der Waals surface area (Å²) < 4.78 is 0. The van der Waals surface area contributed by atoms with E-state index in [0.29, 0.717) is 0 Å². The molecule has 16 heavy (non-hydrogen) atoms. The van der Waals surface area contributed by atoms with Gasteiger partial charge in [0.05, 0.1) is 23.8 Å². The van der Waals surface area contributed by atoms with E-state index in [1.165, 1.54) is 12.1 Å². The predicted octanol–water partition coefficient (Wildman–Crippen LogP) is 3.14. The number of nitrogens with one attached hydrogen (secondary N) is 1. The Morgan fingerprint density at radius 3 is 2.62 bits per heavy atom. The van der Waals surface area contributed by atoms with Crippen molar-refractivity contribution in [1.82, 2.24) is 4.98 Å². The predicted molar refractivity (Wildman–Crippen MR) is 71.2 cm³/mol. The quantitative estimate of drug-likeness (QED) is 0.766. The van der Waals surface area contributed by atoms with Gasteiger partial charge in [-0.3, -0.25) is 4.98 Å². The molecule has 1 N–H and O–H groups in total. The zero-order valence-corrected chi connectivity index (χ0v) is 10.7. The van der Waals surface area contributed by atoms with Gasteiger partial charge in [0.25, 0.3) is 0 Å². The fourth-order valence-corrected chi connectivity index (χ4v) is 1.71. The Balaban J connectivity index is 2.71. The molecule has 0 aliphatic rings. The normalized spacial score (nSPS) is 10.2. The van der Waals surface area contributed by atoms with Crippen LogP contribution in [0.4, 0.5) is 11.4 Å². The molecule has 0 bridgehead atoms. The van der Waals surface area contributed by atoms with Crippen LogP contribution in [0.3, 0.4) is 0 Å². The van der Waals surface area contributed by atoms with Crippen LogP contribution >= 0.6 is 0 Å². The molecule has 0 aliphatic carbocycles. The summed E-state index contributed by atoms with van der Waals surface area (Å²) >= 11 is 0. The molecule has 0 aliphatic heterocycles. The third-order valence-electron chi connectivity index (χ3n) is 2.54. The second-order valence-corrected chi connectivity index (χ2v) is 3.94. The van der Waals surface area contributed by atoms with E-state index in [1.54, 1.807) is 0 Å². The number of anilines is 2. The van der Waals surface area contributed by atoms with E-state index in [0.717, 1.165) is 31.7 Å². The zero-order chi connectivity index (χ0) is 11.8. The topological polar surface area (TPSA) is 28.2 Å². The van der Waals surface area contributed by atoms with Crippen molar-refractivity contribution < 1.29 is 0 Å². The van der Waals surface area contributed by atoms with Crippen LogP contribution in [0.1, 0.15) is 33.6 Å². The fraction of sp³-hybridized carbons (Fsp3) is 0.615. The van der Waals surface area contributed by atoms with E-state index in [-0.39, 0.29) is 0 Å². The number of aromatic nitrogens is 1. The van der Waals surface area contributed by atoms with Gasteiger partial charge in [-0.2, -0.15) is 0 Å². The minimum Gasteiger partial charge on any atom is -0.384 e.